The second kappa shape index (κ2) is 9.32. The van der Waals surface area contributed by atoms with Gasteiger partial charge in [0.2, 0.25) is 0 Å². The lowest BCUT2D eigenvalue weighted by Crippen LogP contribution is -2.47. The lowest BCUT2D eigenvalue weighted by atomic mass is 10.1. The molecule has 0 aromatic heterocycles. The smallest absolute Gasteiger partial charge is 0.335 e. The molecule has 2 aromatic carbocycles. The van der Waals surface area contributed by atoms with Crippen LogP contribution in [0.5, 0.6) is 0 Å². The summed E-state index contributed by atoms with van der Waals surface area (Å²) < 4.78 is 18.6. The van der Waals surface area contributed by atoms with Crippen LogP contribution < -0.4 is 5.32 Å². The third kappa shape index (κ3) is 5.29. The van der Waals surface area contributed by atoms with Crippen LogP contribution in [0.3, 0.4) is 0 Å². The monoisotopic (exact) mass is 386 g/mol. The molecule has 0 bridgehead atoms. The molecule has 1 aliphatic rings. The molecule has 1 heterocycles. The minimum atomic E-state index is -0.986. The standard InChI is InChI=1S/C21H23FN2O4/c22-18-7-3-16(4-8-18)14-24(19-9-11-28-12-10-19)21(27)23-13-15-1-5-17(6-2-15)20(25)26/h1-8,19H,9-14H2,(H,23,27)(H,25,26). The van der Waals surface area contributed by atoms with Gasteiger partial charge in [0.05, 0.1) is 5.56 Å². The van der Waals surface area contributed by atoms with Crippen LogP contribution in [0.15, 0.2) is 48.5 Å². The number of carbonyl (C=O) groups excluding carboxylic acids is 1. The highest BCUT2D eigenvalue weighted by atomic mass is 19.1. The molecular weight excluding hydrogens is 363 g/mol. The van der Waals surface area contributed by atoms with Crippen molar-refractivity contribution in [3.63, 3.8) is 0 Å². The van der Waals surface area contributed by atoms with Gasteiger partial charge in [0.25, 0.3) is 0 Å². The van der Waals surface area contributed by atoms with Crippen LogP contribution in [-0.2, 0) is 17.8 Å². The number of hydrogen-bond acceptors (Lipinski definition) is 3. The summed E-state index contributed by atoms with van der Waals surface area (Å²) >= 11 is 0. The number of aromatic carboxylic acids is 1. The van der Waals surface area contributed by atoms with Gasteiger partial charge in [-0.15, -0.1) is 0 Å². The lowest BCUT2D eigenvalue weighted by molar-refractivity contribution is 0.0436. The molecule has 1 fully saturated rings. The Morgan fingerprint density at radius 2 is 1.64 bits per heavy atom. The predicted octanol–water partition coefficient (Wildman–Crippen LogP) is 3.41. The minimum Gasteiger partial charge on any atom is -0.478 e. The number of nitrogens with one attached hydrogen (secondary N) is 1. The van der Waals surface area contributed by atoms with Gasteiger partial charge in [0, 0.05) is 32.3 Å². The number of urea groups is 1. The summed E-state index contributed by atoms with van der Waals surface area (Å²) in [6, 6.07) is 12.4. The molecule has 0 radical (unpaired) electrons. The number of carboxylic acids is 1. The van der Waals surface area contributed by atoms with Crippen LogP contribution in [0.1, 0.15) is 34.3 Å². The van der Waals surface area contributed by atoms with Gasteiger partial charge in [-0.3, -0.25) is 0 Å². The van der Waals surface area contributed by atoms with Crippen LogP contribution in [-0.4, -0.2) is 41.3 Å². The molecular formula is C21H23FN2O4. The van der Waals surface area contributed by atoms with Crippen LogP contribution in [0.2, 0.25) is 0 Å². The third-order valence-corrected chi connectivity index (χ3v) is 4.80. The van der Waals surface area contributed by atoms with E-state index < -0.39 is 5.97 Å². The summed E-state index contributed by atoms with van der Waals surface area (Å²) in [7, 11) is 0. The fourth-order valence-electron chi connectivity index (χ4n) is 3.19. The number of ether oxygens (including phenoxy) is 1. The fraction of sp³-hybridized carbons (Fsp3) is 0.333. The first kappa shape index (κ1) is 19.8. The Morgan fingerprint density at radius 1 is 1.04 bits per heavy atom. The molecule has 0 spiro atoms. The van der Waals surface area contributed by atoms with Crippen LogP contribution in [0.25, 0.3) is 0 Å². The van der Waals surface area contributed by atoms with E-state index in [2.05, 4.69) is 5.32 Å². The lowest BCUT2D eigenvalue weighted by Gasteiger charge is -2.34. The van der Waals surface area contributed by atoms with Gasteiger partial charge in [-0.05, 0) is 48.2 Å². The minimum absolute atomic E-state index is 0.0492. The molecule has 28 heavy (non-hydrogen) atoms. The summed E-state index contributed by atoms with van der Waals surface area (Å²) in [6.07, 6.45) is 1.50. The first-order chi connectivity index (χ1) is 13.5. The first-order valence-electron chi connectivity index (χ1n) is 9.22. The summed E-state index contributed by atoms with van der Waals surface area (Å²) in [5.74, 6) is -1.30. The molecule has 3 rings (SSSR count). The zero-order valence-corrected chi connectivity index (χ0v) is 15.4. The Kier molecular flexibility index (Phi) is 6.60. The molecule has 1 saturated heterocycles. The topological polar surface area (TPSA) is 78.9 Å². The van der Waals surface area contributed by atoms with Crippen molar-refractivity contribution >= 4 is 12.0 Å². The van der Waals surface area contributed by atoms with E-state index in [4.69, 9.17) is 9.84 Å². The highest BCUT2D eigenvalue weighted by Gasteiger charge is 2.26. The van der Waals surface area contributed by atoms with E-state index in [0.29, 0.717) is 26.3 Å². The molecule has 2 aromatic rings. The van der Waals surface area contributed by atoms with Crippen LogP contribution in [0.4, 0.5) is 9.18 Å². The van der Waals surface area contributed by atoms with Crippen molar-refractivity contribution in [3.05, 3.63) is 71.0 Å². The van der Waals surface area contributed by atoms with Crippen LogP contribution >= 0.6 is 0 Å². The summed E-state index contributed by atoms with van der Waals surface area (Å²) in [5, 5.41) is 11.9. The van der Waals surface area contributed by atoms with Crippen molar-refractivity contribution in [2.24, 2.45) is 0 Å². The van der Waals surface area contributed by atoms with Crippen molar-refractivity contribution in [1.82, 2.24) is 10.2 Å². The molecule has 2 N–H and O–H groups in total. The van der Waals surface area contributed by atoms with Crippen molar-refractivity contribution in [1.29, 1.82) is 0 Å². The number of rotatable bonds is 6. The van der Waals surface area contributed by atoms with E-state index in [0.717, 1.165) is 24.0 Å². The normalized spacial score (nSPS) is 14.5. The zero-order chi connectivity index (χ0) is 19.9. The zero-order valence-electron chi connectivity index (χ0n) is 15.4. The quantitative estimate of drug-likeness (QED) is 0.797. The number of hydrogen-bond donors (Lipinski definition) is 2. The van der Waals surface area contributed by atoms with Gasteiger partial charge in [-0.1, -0.05) is 24.3 Å². The largest absolute Gasteiger partial charge is 0.478 e. The average molecular weight is 386 g/mol. The Bertz CT molecular complexity index is 802. The van der Waals surface area contributed by atoms with Gasteiger partial charge in [-0.2, -0.15) is 0 Å². The maximum Gasteiger partial charge on any atom is 0.335 e. The molecule has 6 nitrogen and oxygen atoms in total. The van der Waals surface area contributed by atoms with Gasteiger partial charge >= 0.3 is 12.0 Å². The SMILES string of the molecule is O=C(O)c1ccc(CNC(=O)N(Cc2ccc(F)cc2)C2CCOCC2)cc1. The second-order valence-corrected chi connectivity index (χ2v) is 6.76. The number of benzene rings is 2. The van der Waals surface area contributed by atoms with Gasteiger partial charge in [0.15, 0.2) is 0 Å². The number of carbonyl (C=O) groups is 2. The van der Waals surface area contributed by atoms with E-state index in [1.807, 2.05) is 0 Å². The van der Waals surface area contributed by atoms with E-state index in [1.54, 1.807) is 29.2 Å². The predicted molar refractivity (Wildman–Crippen MR) is 101 cm³/mol. The summed E-state index contributed by atoms with van der Waals surface area (Å²) in [4.78, 5) is 25.6. The van der Waals surface area contributed by atoms with Gasteiger partial charge < -0.3 is 20.1 Å². The molecule has 0 aliphatic carbocycles. The van der Waals surface area contributed by atoms with Gasteiger partial charge in [-0.25, -0.2) is 14.0 Å². The Morgan fingerprint density at radius 3 is 2.25 bits per heavy atom. The maximum atomic E-state index is 13.2. The maximum absolute atomic E-state index is 13.2. The number of nitrogens with zero attached hydrogens (tertiary/aromatic N) is 1. The molecule has 7 heteroatoms. The number of amides is 2. The first-order valence-corrected chi connectivity index (χ1v) is 9.22. The van der Waals surface area contributed by atoms with Crippen molar-refractivity contribution < 1.29 is 23.8 Å². The highest BCUT2D eigenvalue weighted by Crippen LogP contribution is 2.18. The summed E-state index contributed by atoms with van der Waals surface area (Å²) in [6.45, 7) is 1.89. The van der Waals surface area contributed by atoms with E-state index in [1.165, 1.54) is 24.3 Å². The van der Waals surface area contributed by atoms with Crippen molar-refractivity contribution in [2.45, 2.75) is 32.0 Å². The Hall–Kier alpha value is -2.93. The molecule has 1 aliphatic heterocycles. The van der Waals surface area contributed by atoms with Gasteiger partial charge in [0.1, 0.15) is 5.82 Å². The van der Waals surface area contributed by atoms with E-state index >= 15 is 0 Å². The average Bonchev–Trinajstić information content (AvgIpc) is 2.72. The van der Waals surface area contributed by atoms with Crippen LogP contribution in [0, 0.1) is 5.82 Å². The molecule has 0 saturated carbocycles. The van der Waals surface area contributed by atoms with E-state index in [-0.39, 0.29) is 23.5 Å². The molecule has 0 atom stereocenters. The van der Waals surface area contributed by atoms with Crippen molar-refractivity contribution in [2.75, 3.05) is 13.2 Å². The third-order valence-electron chi connectivity index (χ3n) is 4.80. The van der Waals surface area contributed by atoms with Crippen molar-refractivity contribution in [3.8, 4) is 0 Å². The fourth-order valence-corrected chi connectivity index (χ4v) is 3.19. The second-order valence-electron chi connectivity index (χ2n) is 6.76. The highest BCUT2D eigenvalue weighted by molar-refractivity contribution is 5.87. The molecule has 2 amide bonds. The molecule has 148 valence electrons. The van der Waals surface area contributed by atoms with E-state index in [9.17, 15) is 14.0 Å². The number of carboxylic acid groups (broad SMARTS) is 1. The molecule has 0 unspecified atom stereocenters. The Balaban J connectivity index is 1.66. The summed E-state index contributed by atoms with van der Waals surface area (Å²) in [5.41, 5.74) is 1.87. The Labute approximate surface area is 162 Å². The number of halogens is 1.